The van der Waals surface area contributed by atoms with Crippen LogP contribution in [0.3, 0.4) is 0 Å². The topological polar surface area (TPSA) is 29.9 Å². The fraction of sp³-hybridized carbons (Fsp3) is 0.812. The molecule has 0 aliphatic carbocycles. The average molecular weight is 265 g/mol. The Labute approximate surface area is 118 Å². The fourth-order valence-corrected chi connectivity index (χ4v) is 2.32. The number of aromatic nitrogens is 2. The molecule has 0 saturated heterocycles. The number of hydrogen-bond donors (Lipinski definition) is 1. The molecule has 0 saturated carbocycles. The zero-order valence-corrected chi connectivity index (χ0v) is 13.3. The summed E-state index contributed by atoms with van der Waals surface area (Å²) < 4.78 is 2.18. The van der Waals surface area contributed by atoms with E-state index in [0.717, 1.165) is 6.54 Å². The number of nitrogens with zero attached hydrogens (tertiary/aromatic N) is 2. The smallest absolute Gasteiger partial charge is 0.0946 e. The standard InChI is InChI=1S/C16H31N3/c1-6-8-9-14(7-2)18-15(16(3,4)5)12-19-11-10-17-13-19/h10-11,13-15,18H,6-9,12H2,1-5H3. The largest absolute Gasteiger partial charge is 0.336 e. The summed E-state index contributed by atoms with van der Waals surface area (Å²) in [5, 5.41) is 3.87. The molecule has 0 bridgehead atoms. The van der Waals surface area contributed by atoms with Crippen molar-refractivity contribution >= 4 is 0 Å². The Bertz CT molecular complexity index is 324. The first-order valence-electron chi connectivity index (χ1n) is 7.69. The second-order valence-electron chi connectivity index (χ2n) is 6.59. The summed E-state index contributed by atoms with van der Waals surface area (Å²) >= 11 is 0. The molecule has 1 aromatic rings. The summed E-state index contributed by atoms with van der Waals surface area (Å²) in [5.41, 5.74) is 0.254. The van der Waals surface area contributed by atoms with Gasteiger partial charge in [0, 0.05) is 31.0 Å². The molecular weight excluding hydrogens is 234 g/mol. The molecule has 3 heteroatoms. The van der Waals surface area contributed by atoms with Gasteiger partial charge in [-0.2, -0.15) is 0 Å². The van der Waals surface area contributed by atoms with Crippen molar-refractivity contribution in [2.45, 2.75) is 78.9 Å². The lowest BCUT2D eigenvalue weighted by Gasteiger charge is -2.35. The molecule has 0 amide bonds. The first kappa shape index (κ1) is 16.2. The van der Waals surface area contributed by atoms with E-state index < -0.39 is 0 Å². The van der Waals surface area contributed by atoms with E-state index >= 15 is 0 Å². The molecule has 0 fully saturated rings. The molecule has 3 nitrogen and oxygen atoms in total. The predicted octanol–water partition coefficient (Wildman–Crippen LogP) is 3.86. The third-order valence-electron chi connectivity index (χ3n) is 3.83. The van der Waals surface area contributed by atoms with Crippen molar-refractivity contribution in [2.75, 3.05) is 0 Å². The minimum absolute atomic E-state index is 0.254. The van der Waals surface area contributed by atoms with Crippen LogP contribution in [0.1, 0.15) is 60.3 Å². The second kappa shape index (κ2) is 7.68. The van der Waals surface area contributed by atoms with Crippen LogP contribution in [0.4, 0.5) is 0 Å². The van der Waals surface area contributed by atoms with Gasteiger partial charge < -0.3 is 9.88 Å². The Balaban J connectivity index is 2.63. The summed E-state index contributed by atoms with van der Waals surface area (Å²) in [6.07, 6.45) is 10.9. The Kier molecular flexibility index (Phi) is 6.56. The fourth-order valence-electron chi connectivity index (χ4n) is 2.32. The minimum atomic E-state index is 0.254. The molecule has 1 aromatic heterocycles. The van der Waals surface area contributed by atoms with Gasteiger partial charge in [-0.3, -0.25) is 0 Å². The maximum absolute atomic E-state index is 4.14. The first-order valence-corrected chi connectivity index (χ1v) is 7.69. The monoisotopic (exact) mass is 265 g/mol. The molecule has 1 N–H and O–H groups in total. The molecule has 19 heavy (non-hydrogen) atoms. The van der Waals surface area contributed by atoms with E-state index in [9.17, 15) is 0 Å². The van der Waals surface area contributed by atoms with Crippen LogP contribution in [0.2, 0.25) is 0 Å². The molecule has 110 valence electrons. The molecule has 2 unspecified atom stereocenters. The van der Waals surface area contributed by atoms with Crippen molar-refractivity contribution in [1.29, 1.82) is 0 Å². The van der Waals surface area contributed by atoms with Gasteiger partial charge in [-0.05, 0) is 18.3 Å². The quantitative estimate of drug-likeness (QED) is 0.773. The van der Waals surface area contributed by atoms with E-state index in [1.165, 1.54) is 25.7 Å². The lowest BCUT2D eigenvalue weighted by atomic mass is 9.85. The summed E-state index contributed by atoms with van der Waals surface area (Å²) in [7, 11) is 0. The molecule has 0 aliphatic rings. The van der Waals surface area contributed by atoms with Gasteiger partial charge in [0.15, 0.2) is 0 Å². The van der Waals surface area contributed by atoms with Crippen molar-refractivity contribution in [1.82, 2.24) is 14.9 Å². The van der Waals surface area contributed by atoms with Gasteiger partial charge in [-0.1, -0.05) is 47.5 Å². The highest BCUT2D eigenvalue weighted by Gasteiger charge is 2.26. The number of nitrogens with one attached hydrogen (secondary N) is 1. The van der Waals surface area contributed by atoms with E-state index in [4.69, 9.17) is 0 Å². The van der Waals surface area contributed by atoms with Crippen LogP contribution < -0.4 is 5.32 Å². The van der Waals surface area contributed by atoms with E-state index in [-0.39, 0.29) is 5.41 Å². The maximum atomic E-state index is 4.14. The summed E-state index contributed by atoms with van der Waals surface area (Å²) in [5.74, 6) is 0. The van der Waals surface area contributed by atoms with Crippen LogP contribution in [0.5, 0.6) is 0 Å². The van der Waals surface area contributed by atoms with Crippen LogP contribution in [0.15, 0.2) is 18.7 Å². The summed E-state index contributed by atoms with van der Waals surface area (Å²) in [6, 6.07) is 1.11. The number of hydrogen-bond acceptors (Lipinski definition) is 2. The van der Waals surface area contributed by atoms with Crippen LogP contribution in [0.25, 0.3) is 0 Å². The third-order valence-corrected chi connectivity index (χ3v) is 3.83. The zero-order valence-electron chi connectivity index (χ0n) is 13.3. The van der Waals surface area contributed by atoms with Crippen molar-refractivity contribution in [2.24, 2.45) is 5.41 Å². The van der Waals surface area contributed by atoms with E-state index in [1.54, 1.807) is 0 Å². The van der Waals surface area contributed by atoms with E-state index in [0.29, 0.717) is 12.1 Å². The Hall–Kier alpha value is -0.830. The maximum Gasteiger partial charge on any atom is 0.0946 e. The Morgan fingerprint density at radius 2 is 2.00 bits per heavy atom. The Morgan fingerprint density at radius 1 is 1.26 bits per heavy atom. The Morgan fingerprint density at radius 3 is 2.47 bits per heavy atom. The van der Waals surface area contributed by atoms with Gasteiger partial charge in [0.05, 0.1) is 6.33 Å². The summed E-state index contributed by atoms with van der Waals surface area (Å²) in [6.45, 7) is 12.5. The normalized spacial score (nSPS) is 15.4. The highest BCUT2D eigenvalue weighted by Crippen LogP contribution is 2.22. The molecule has 0 aliphatic heterocycles. The zero-order chi connectivity index (χ0) is 14.3. The van der Waals surface area contributed by atoms with E-state index in [2.05, 4.69) is 49.5 Å². The molecule has 0 radical (unpaired) electrons. The molecule has 2 atom stereocenters. The second-order valence-corrected chi connectivity index (χ2v) is 6.59. The SMILES string of the molecule is CCCCC(CC)NC(Cn1ccnc1)C(C)(C)C. The molecule has 1 rings (SSSR count). The number of imidazole rings is 1. The van der Waals surface area contributed by atoms with Crippen LogP contribution in [-0.2, 0) is 6.54 Å². The van der Waals surface area contributed by atoms with Crippen molar-refractivity contribution in [3.63, 3.8) is 0 Å². The van der Waals surface area contributed by atoms with Gasteiger partial charge >= 0.3 is 0 Å². The van der Waals surface area contributed by atoms with E-state index in [1.807, 2.05) is 18.7 Å². The van der Waals surface area contributed by atoms with Gasteiger partial charge in [-0.15, -0.1) is 0 Å². The van der Waals surface area contributed by atoms with Crippen molar-refractivity contribution in [3.05, 3.63) is 18.7 Å². The van der Waals surface area contributed by atoms with Gasteiger partial charge in [0.2, 0.25) is 0 Å². The van der Waals surface area contributed by atoms with Crippen molar-refractivity contribution < 1.29 is 0 Å². The number of rotatable bonds is 8. The summed E-state index contributed by atoms with van der Waals surface area (Å²) in [4.78, 5) is 4.14. The predicted molar refractivity (Wildman–Crippen MR) is 82.2 cm³/mol. The lowest BCUT2D eigenvalue weighted by molar-refractivity contribution is 0.214. The molecular formula is C16H31N3. The van der Waals surface area contributed by atoms with Crippen molar-refractivity contribution in [3.8, 4) is 0 Å². The van der Waals surface area contributed by atoms with Gasteiger partial charge in [-0.25, -0.2) is 4.98 Å². The van der Waals surface area contributed by atoms with Gasteiger partial charge in [0.25, 0.3) is 0 Å². The molecule has 1 heterocycles. The highest BCUT2D eigenvalue weighted by molar-refractivity contribution is 4.86. The van der Waals surface area contributed by atoms with Crippen LogP contribution in [0, 0.1) is 5.41 Å². The minimum Gasteiger partial charge on any atom is -0.336 e. The van der Waals surface area contributed by atoms with Gasteiger partial charge in [0.1, 0.15) is 0 Å². The lowest BCUT2D eigenvalue weighted by Crippen LogP contribution is -2.48. The third kappa shape index (κ3) is 5.77. The average Bonchev–Trinajstić information content (AvgIpc) is 2.84. The van der Waals surface area contributed by atoms with Crippen LogP contribution in [-0.4, -0.2) is 21.6 Å². The molecule has 0 spiro atoms. The first-order chi connectivity index (χ1) is 8.97. The highest BCUT2D eigenvalue weighted by atomic mass is 15.1. The number of unbranched alkanes of at least 4 members (excludes halogenated alkanes) is 1. The van der Waals surface area contributed by atoms with Crippen LogP contribution >= 0.6 is 0 Å². The molecule has 0 aromatic carbocycles.